The third-order valence-electron chi connectivity index (χ3n) is 11.3. The molecule has 6 nitrogen and oxygen atoms in total. The van der Waals surface area contributed by atoms with E-state index >= 15 is 0 Å². The zero-order valence-electron chi connectivity index (χ0n) is 30.6. The van der Waals surface area contributed by atoms with Crippen LogP contribution in [0.1, 0.15) is 22.9 Å². The lowest BCUT2D eigenvalue weighted by Crippen LogP contribution is -2.33. The third-order valence-corrected chi connectivity index (χ3v) is 11.3. The predicted molar refractivity (Wildman–Crippen MR) is 233 cm³/mol. The van der Waals surface area contributed by atoms with Gasteiger partial charge in [-0.05, 0) is 71.3 Å². The number of para-hydroxylation sites is 3. The lowest BCUT2D eigenvalue weighted by atomic mass is 10.0. The van der Waals surface area contributed by atoms with Gasteiger partial charge in [0.1, 0.15) is 34.3 Å². The fourth-order valence-corrected chi connectivity index (χ4v) is 8.56. The Morgan fingerprint density at radius 1 is 0.456 bits per heavy atom. The van der Waals surface area contributed by atoms with Crippen LogP contribution in [0.25, 0.3) is 82.5 Å². The fraction of sp³-hybridized carbons (Fsp3) is 0.0196. The topological polar surface area (TPSA) is 68.0 Å². The summed E-state index contributed by atoms with van der Waals surface area (Å²) in [5.74, 6) is 1.40. The van der Waals surface area contributed by atoms with Crippen LogP contribution in [0, 0.1) is 0 Å². The number of nitrogens with one attached hydrogen (secondary N) is 1. The maximum absolute atomic E-state index is 6.62. The molecule has 1 unspecified atom stereocenters. The van der Waals surface area contributed by atoms with Gasteiger partial charge in [-0.15, -0.1) is 0 Å². The summed E-state index contributed by atoms with van der Waals surface area (Å²) in [7, 11) is 0. The average molecular weight is 733 g/mol. The molecule has 11 aromatic rings. The largest absolute Gasteiger partial charge is 0.456 e. The van der Waals surface area contributed by atoms with E-state index in [1.165, 1.54) is 21.8 Å². The number of hydrogen-bond acceptors (Lipinski definition) is 5. The maximum Gasteiger partial charge on any atom is 0.163 e. The molecule has 0 fully saturated rings. The van der Waals surface area contributed by atoms with Crippen molar-refractivity contribution in [1.29, 1.82) is 0 Å². The number of fused-ring (bicyclic) bond motifs is 9. The van der Waals surface area contributed by atoms with Gasteiger partial charge in [-0.3, -0.25) is 0 Å². The maximum atomic E-state index is 6.62. The highest BCUT2D eigenvalue weighted by Crippen LogP contribution is 2.39. The van der Waals surface area contributed by atoms with Gasteiger partial charge in [0.2, 0.25) is 0 Å². The van der Waals surface area contributed by atoms with E-state index in [1.54, 1.807) is 0 Å². The van der Waals surface area contributed by atoms with Gasteiger partial charge in [0.25, 0.3) is 0 Å². The van der Waals surface area contributed by atoms with Crippen LogP contribution in [0.3, 0.4) is 0 Å². The summed E-state index contributed by atoms with van der Waals surface area (Å²) in [6.07, 6.45) is -0.298. The van der Waals surface area contributed by atoms with Crippen LogP contribution in [0.4, 0.5) is 0 Å². The minimum absolute atomic E-state index is 0.298. The number of amidine groups is 2. The van der Waals surface area contributed by atoms with Crippen molar-refractivity contribution in [2.75, 3.05) is 0 Å². The zero-order chi connectivity index (χ0) is 37.5. The normalized spacial score (nSPS) is 14.5. The van der Waals surface area contributed by atoms with Gasteiger partial charge >= 0.3 is 0 Å². The second kappa shape index (κ2) is 12.4. The first kappa shape index (κ1) is 31.6. The Morgan fingerprint density at radius 3 is 1.89 bits per heavy atom. The molecule has 0 saturated carbocycles. The van der Waals surface area contributed by atoms with E-state index in [0.29, 0.717) is 5.84 Å². The monoisotopic (exact) mass is 732 g/mol. The minimum atomic E-state index is -0.298. The van der Waals surface area contributed by atoms with Crippen LogP contribution in [-0.2, 0) is 0 Å². The summed E-state index contributed by atoms with van der Waals surface area (Å²) in [6, 6.07) is 63.3. The molecular formula is C51H32N4O2. The molecule has 6 heteroatoms. The average Bonchev–Trinajstić information content (AvgIpc) is 3.95. The van der Waals surface area contributed by atoms with Crippen LogP contribution in [-0.4, -0.2) is 16.2 Å². The molecule has 8 aromatic carbocycles. The first-order valence-electron chi connectivity index (χ1n) is 19.2. The van der Waals surface area contributed by atoms with Crippen molar-refractivity contribution in [2.45, 2.75) is 6.17 Å². The van der Waals surface area contributed by atoms with E-state index < -0.39 is 0 Å². The molecule has 12 rings (SSSR count). The van der Waals surface area contributed by atoms with Gasteiger partial charge < -0.3 is 18.7 Å². The molecule has 0 aliphatic carbocycles. The molecule has 0 radical (unpaired) electrons. The summed E-state index contributed by atoms with van der Waals surface area (Å²) in [5.41, 5.74) is 11.8. The van der Waals surface area contributed by atoms with E-state index in [4.69, 9.17) is 18.8 Å². The Bertz CT molecular complexity index is 3390. The molecule has 1 N–H and O–H groups in total. The lowest BCUT2D eigenvalue weighted by molar-refractivity contribution is 0.663. The van der Waals surface area contributed by atoms with Gasteiger partial charge in [0.05, 0.1) is 16.6 Å². The van der Waals surface area contributed by atoms with Crippen LogP contribution in [0.15, 0.2) is 201 Å². The van der Waals surface area contributed by atoms with Crippen LogP contribution >= 0.6 is 0 Å². The number of hydrogen-bond donors (Lipinski definition) is 1. The molecule has 3 aromatic heterocycles. The smallest absolute Gasteiger partial charge is 0.163 e. The van der Waals surface area contributed by atoms with Crippen molar-refractivity contribution in [1.82, 2.24) is 9.88 Å². The molecule has 0 spiro atoms. The van der Waals surface area contributed by atoms with Gasteiger partial charge in [-0.2, -0.15) is 0 Å². The number of aromatic nitrogens is 1. The highest BCUT2D eigenvalue weighted by Gasteiger charge is 2.24. The second-order valence-electron chi connectivity index (χ2n) is 14.6. The molecular weight excluding hydrogens is 701 g/mol. The van der Waals surface area contributed by atoms with E-state index in [2.05, 4.69) is 149 Å². The summed E-state index contributed by atoms with van der Waals surface area (Å²) < 4.78 is 15.6. The van der Waals surface area contributed by atoms with Gasteiger partial charge in [0, 0.05) is 49.6 Å². The summed E-state index contributed by atoms with van der Waals surface area (Å²) in [5, 5.41) is 10.3. The van der Waals surface area contributed by atoms with Crippen LogP contribution in [0.5, 0.6) is 0 Å². The van der Waals surface area contributed by atoms with Crippen molar-refractivity contribution in [3.05, 3.63) is 199 Å². The minimum Gasteiger partial charge on any atom is -0.456 e. The lowest BCUT2D eigenvalue weighted by Gasteiger charge is -2.23. The van der Waals surface area contributed by atoms with E-state index in [9.17, 15) is 0 Å². The Hall–Kier alpha value is -7.70. The first-order valence-corrected chi connectivity index (χ1v) is 19.2. The van der Waals surface area contributed by atoms with Gasteiger partial charge in [-0.1, -0.05) is 121 Å². The predicted octanol–water partition coefficient (Wildman–Crippen LogP) is 12.7. The van der Waals surface area contributed by atoms with Crippen LogP contribution in [0.2, 0.25) is 0 Å². The van der Waals surface area contributed by atoms with Crippen LogP contribution < -0.4 is 5.32 Å². The summed E-state index contributed by atoms with van der Waals surface area (Å²) in [6.45, 7) is 0. The number of benzene rings is 8. The third kappa shape index (κ3) is 5.04. The molecule has 1 aliphatic heterocycles. The van der Waals surface area contributed by atoms with E-state index in [0.717, 1.165) is 83.2 Å². The quantitative estimate of drug-likeness (QED) is 0.192. The second-order valence-corrected chi connectivity index (χ2v) is 14.6. The highest BCUT2D eigenvalue weighted by molar-refractivity contribution is 6.20. The SMILES string of the molecule is c1ccc(C2=NC(c3cccc4c3oc3ccc(-c5ccc6c(c5)oc5cc(-n7c8ccccc8c8ccccc87)ccc56)cc34)=NC(c3ccccc3)N2)cc1. The molecule has 1 atom stereocenters. The highest BCUT2D eigenvalue weighted by atomic mass is 16.3. The molecule has 1 aliphatic rings. The molecule has 0 amide bonds. The van der Waals surface area contributed by atoms with Crippen molar-refractivity contribution in [2.24, 2.45) is 9.98 Å². The molecule has 0 bridgehead atoms. The van der Waals surface area contributed by atoms with Crippen molar-refractivity contribution < 1.29 is 8.83 Å². The van der Waals surface area contributed by atoms with Gasteiger partial charge in [-0.25, -0.2) is 9.98 Å². The van der Waals surface area contributed by atoms with Crippen molar-refractivity contribution in [3.8, 4) is 16.8 Å². The Labute approximate surface area is 326 Å². The molecule has 268 valence electrons. The first-order chi connectivity index (χ1) is 28.2. The Balaban J connectivity index is 0.942. The standard InChI is InChI=1S/C51H32N4O2/c1-3-12-31(13-4-1)49-52-50(32-14-5-2-6-15-32)54-51(53-49)41-19-11-18-40-42-28-33(23-27-45(42)57-48(40)41)34-22-25-38-39-26-24-35(30-47(39)56-46(38)29-34)55-43-20-9-7-16-36(43)37-17-8-10-21-44(37)55/h1-30,49H,(H,52,53,54). The van der Waals surface area contributed by atoms with Gasteiger partial charge in [0.15, 0.2) is 5.84 Å². The Kier molecular flexibility index (Phi) is 6.89. The zero-order valence-corrected chi connectivity index (χ0v) is 30.6. The molecule has 4 heterocycles. The number of furan rings is 2. The fourth-order valence-electron chi connectivity index (χ4n) is 8.56. The molecule has 57 heavy (non-hydrogen) atoms. The van der Waals surface area contributed by atoms with E-state index in [-0.39, 0.29) is 6.17 Å². The summed E-state index contributed by atoms with van der Waals surface area (Å²) in [4.78, 5) is 10.2. The van der Waals surface area contributed by atoms with Crippen molar-refractivity contribution in [3.63, 3.8) is 0 Å². The van der Waals surface area contributed by atoms with Crippen molar-refractivity contribution >= 4 is 77.4 Å². The number of rotatable bonds is 5. The number of aliphatic imine (C=N–C) groups is 2. The number of nitrogens with zero attached hydrogens (tertiary/aromatic N) is 3. The Morgan fingerprint density at radius 2 is 1.11 bits per heavy atom. The van der Waals surface area contributed by atoms with E-state index in [1.807, 2.05) is 42.5 Å². The molecule has 0 saturated heterocycles. The summed E-state index contributed by atoms with van der Waals surface area (Å²) >= 11 is 0.